The highest BCUT2D eigenvalue weighted by atomic mass is 16.5. The van der Waals surface area contributed by atoms with Crippen molar-refractivity contribution >= 4 is 29.3 Å². The lowest BCUT2D eigenvalue weighted by Gasteiger charge is -2.19. The Morgan fingerprint density at radius 1 is 1.12 bits per heavy atom. The van der Waals surface area contributed by atoms with Crippen LogP contribution in [0.2, 0.25) is 0 Å². The highest BCUT2D eigenvalue weighted by Crippen LogP contribution is 2.24. The maximum Gasteiger partial charge on any atom is 0.343 e. The molecule has 3 N–H and O–H groups in total. The van der Waals surface area contributed by atoms with Crippen LogP contribution in [-0.4, -0.2) is 59.2 Å². The minimum atomic E-state index is -0.566. The van der Waals surface area contributed by atoms with E-state index < -0.39 is 12.0 Å². The molecule has 1 amide bonds. The number of aliphatic hydroxyl groups is 1. The van der Waals surface area contributed by atoms with E-state index in [9.17, 15) is 14.7 Å². The number of ether oxygens (including phenoxy) is 1. The summed E-state index contributed by atoms with van der Waals surface area (Å²) in [5.41, 5.74) is 3.08. The molecule has 0 aliphatic heterocycles. The van der Waals surface area contributed by atoms with E-state index in [1.807, 2.05) is 43.3 Å². The maximum atomic E-state index is 12.5. The summed E-state index contributed by atoms with van der Waals surface area (Å²) in [6, 6.07) is 14.2. The molecule has 1 heterocycles. The second kappa shape index (κ2) is 11.2. The van der Waals surface area contributed by atoms with Crippen LogP contribution in [0.4, 0.5) is 17.5 Å². The number of rotatable bonds is 9. The van der Waals surface area contributed by atoms with Gasteiger partial charge in [-0.05, 0) is 43.2 Å². The van der Waals surface area contributed by atoms with Crippen molar-refractivity contribution in [1.82, 2.24) is 14.9 Å². The lowest BCUT2D eigenvalue weighted by atomic mass is 10.1. The highest BCUT2D eigenvalue weighted by molar-refractivity contribution is 5.96. The lowest BCUT2D eigenvalue weighted by molar-refractivity contribution is 0.0526. The van der Waals surface area contributed by atoms with Gasteiger partial charge in [0.25, 0.3) is 5.91 Å². The van der Waals surface area contributed by atoms with E-state index >= 15 is 0 Å². The molecule has 9 heteroatoms. The third-order valence-corrected chi connectivity index (χ3v) is 5.10. The van der Waals surface area contributed by atoms with Crippen LogP contribution in [0, 0.1) is 6.92 Å². The molecule has 0 spiro atoms. The van der Waals surface area contributed by atoms with E-state index in [-0.39, 0.29) is 36.5 Å². The minimum absolute atomic E-state index is 0.0819. The van der Waals surface area contributed by atoms with Crippen LogP contribution in [0.1, 0.15) is 44.8 Å². The second-order valence-electron chi connectivity index (χ2n) is 7.82. The molecular weight excluding hydrogens is 434 g/mol. The van der Waals surface area contributed by atoms with Crippen LogP contribution in [-0.2, 0) is 4.74 Å². The molecule has 0 aliphatic carbocycles. The summed E-state index contributed by atoms with van der Waals surface area (Å²) in [5.74, 6) is -0.174. The Balaban J connectivity index is 1.91. The Hall–Kier alpha value is -3.98. The molecular formula is C25H29N5O4. The fourth-order valence-corrected chi connectivity index (χ4v) is 3.35. The van der Waals surface area contributed by atoms with Crippen LogP contribution in [0.3, 0.4) is 0 Å². The quantitative estimate of drug-likeness (QED) is 0.413. The van der Waals surface area contributed by atoms with Gasteiger partial charge in [-0.3, -0.25) is 4.79 Å². The summed E-state index contributed by atoms with van der Waals surface area (Å²) in [6.45, 7) is 3.57. The number of amides is 1. The second-order valence-corrected chi connectivity index (χ2v) is 7.82. The number of aryl methyl sites for hydroxylation is 1. The predicted octanol–water partition coefficient (Wildman–Crippen LogP) is 3.55. The zero-order chi connectivity index (χ0) is 24.7. The van der Waals surface area contributed by atoms with Crippen molar-refractivity contribution in [2.75, 3.05) is 37.9 Å². The summed E-state index contributed by atoms with van der Waals surface area (Å²) in [6.07, 6.45) is 1.38. The number of hydrogen-bond donors (Lipinski definition) is 3. The van der Waals surface area contributed by atoms with Gasteiger partial charge in [-0.25, -0.2) is 9.78 Å². The van der Waals surface area contributed by atoms with Crippen LogP contribution in [0.25, 0.3) is 0 Å². The van der Waals surface area contributed by atoms with Gasteiger partial charge < -0.3 is 25.4 Å². The van der Waals surface area contributed by atoms with E-state index in [0.717, 1.165) is 11.1 Å². The maximum absolute atomic E-state index is 12.5. The van der Waals surface area contributed by atoms with Gasteiger partial charge in [0.05, 0.1) is 19.3 Å². The summed E-state index contributed by atoms with van der Waals surface area (Å²) in [4.78, 5) is 35.0. The number of carbonyl (C=O) groups is 2. The monoisotopic (exact) mass is 463 g/mol. The third-order valence-electron chi connectivity index (χ3n) is 5.10. The molecule has 0 unspecified atom stereocenters. The van der Waals surface area contributed by atoms with E-state index in [1.54, 1.807) is 33.2 Å². The summed E-state index contributed by atoms with van der Waals surface area (Å²) in [5, 5.41) is 16.2. The van der Waals surface area contributed by atoms with Crippen LogP contribution in [0.15, 0.2) is 54.7 Å². The molecule has 0 fully saturated rings. The first-order valence-corrected chi connectivity index (χ1v) is 10.9. The first kappa shape index (κ1) is 24.7. The minimum Gasteiger partial charge on any atom is -0.462 e. The fraction of sp³-hybridized carbons (Fsp3) is 0.280. The first-order chi connectivity index (χ1) is 16.3. The average Bonchev–Trinajstić information content (AvgIpc) is 2.83. The van der Waals surface area contributed by atoms with E-state index in [1.165, 1.54) is 11.1 Å². The van der Waals surface area contributed by atoms with Crippen molar-refractivity contribution in [2.45, 2.75) is 19.9 Å². The number of esters is 1. The topological polar surface area (TPSA) is 117 Å². The van der Waals surface area contributed by atoms with Crippen LogP contribution in [0.5, 0.6) is 0 Å². The van der Waals surface area contributed by atoms with Crippen molar-refractivity contribution in [1.29, 1.82) is 0 Å². The molecule has 1 aromatic heterocycles. The molecule has 0 saturated heterocycles. The van der Waals surface area contributed by atoms with Gasteiger partial charge in [-0.15, -0.1) is 0 Å². The standard InChI is InChI=1S/C25H29N5O4/c1-5-34-24(33)20-14-26-25(27-18-11-12-19(16(2)13-18)23(32)30(3)4)29-22(20)28-21(15-31)17-9-7-6-8-10-17/h6-14,21,31H,5,15H2,1-4H3,(H2,26,27,28,29)/t21-/m1/s1. The molecule has 0 bridgehead atoms. The van der Waals surface area contributed by atoms with Crippen molar-refractivity contribution in [2.24, 2.45) is 0 Å². The summed E-state index contributed by atoms with van der Waals surface area (Å²) in [7, 11) is 3.41. The van der Waals surface area contributed by atoms with E-state index in [2.05, 4.69) is 20.6 Å². The zero-order valence-corrected chi connectivity index (χ0v) is 19.7. The third kappa shape index (κ3) is 5.87. The molecule has 178 valence electrons. The Morgan fingerprint density at radius 3 is 2.47 bits per heavy atom. The molecule has 0 saturated carbocycles. The smallest absolute Gasteiger partial charge is 0.343 e. The predicted molar refractivity (Wildman–Crippen MR) is 130 cm³/mol. The van der Waals surface area contributed by atoms with Gasteiger partial charge in [0, 0.05) is 31.5 Å². The molecule has 34 heavy (non-hydrogen) atoms. The van der Waals surface area contributed by atoms with Gasteiger partial charge in [-0.2, -0.15) is 4.98 Å². The van der Waals surface area contributed by atoms with Crippen molar-refractivity contribution in [3.05, 3.63) is 77.0 Å². The number of nitrogens with one attached hydrogen (secondary N) is 2. The first-order valence-electron chi connectivity index (χ1n) is 10.9. The SMILES string of the molecule is CCOC(=O)c1cnc(Nc2ccc(C(=O)N(C)C)c(C)c2)nc1N[C@H](CO)c1ccccc1. The molecule has 0 radical (unpaired) electrons. The number of anilines is 3. The summed E-state index contributed by atoms with van der Waals surface area (Å²) >= 11 is 0. The Kier molecular flexibility index (Phi) is 8.15. The Labute approximate surface area is 198 Å². The van der Waals surface area contributed by atoms with Crippen molar-refractivity contribution in [3.8, 4) is 0 Å². The van der Waals surface area contributed by atoms with E-state index in [0.29, 0.717) is 11.3 Å². The van der Waals surface area contributed by atoms with Crippen LogP contribution < -0.4 is 10.6 Å². The van der Waals surface area contributed by atoms with Gasteiger partial charge in [0.1, 0.15) is 11.4 Å². The molecule has 1 atom stereocenters. The van der Waals surface area contributed by atoms with Crippen molar-refractivity contribution < 1.29 is 19.4 Å². The molecule has 9 nitrogen and oxygen atoms in total. The summed E-state index contributed by atoms with van der Waals surface area (Å²) < 4.78 is 5.14. The molecule has 0 aliphatic rings. The average molecular weight is 464 g/mol. The Morgan fingerprint density at radius 2 is 1.85 bits per heavy atom. The molecule has 3 rings (SSSR count). The molecule has 3 aromatic rings. The lowest BCUT2D eigenvalue weighted by Crippen LogP contribution is -2.22. The normalized spacial score (nSPS) is 11.4. The number of aliphatic hydroxyl groups excluding tert-OH is 1. The van der Waals surface area contributed by atoms with E-state index in [4.69, 9.17) is 4.74 Å². The number of benzene rings is 2. The number of hydrogen-bond acceptors (Lipinski definition) is 8. The van der Waals surface area contributed by atoms with Crippen LogP contribution >= 0.6 is 0 Å². The number of aromatic nitrogens is 2. The Bertz CT molecular complexity index is 1150. The number of carbonyl (C=O) groups excluding carboxylic acids is 2. The zero-order valence-electron chi connectivity index (χ0n) is 19.7. The van der Waals surface area contributed by atoms with Gasteiger partial charge in [0.15, 0.2) is 0 Å². The van der Waals surface area contributed by atoms with Gasteiger partial charge >= 0.3 is 5.97 Å². The largest absolute Gasteiger partial charge is 0.462 e. The molecule has 2 aromatic carbocycles. The highest BCUT2D eigenvalue weighted by Gasteiger charge is 2.20. The van der Waals surface area contributed by atoms with Gasteiger partial charge in [-0.1, -0.05) is 30.3 Å². The number of nitrogens with zero attached hydrogens (tertiary/aromatic N) is 3. The fourth-order valence-electron chi connectivity index (χ4n) is 3.35. The van der Waals surface area contributed by atoms with Crippen molar-refractivity contribution in [3.63, 3.8) is 0 Å². The van der Waals surface area contributed by atoms with Gasteiger partial charge in [0.2, 0.25) is 5.95 Å².